The van der Waals surface area contributed by atoms with Crippen LogP contribution in [-0.2, 0) is 16.1 Å². The SMILES string of the molecule is CC(C)Sc1nc(N2CCOCC2)c2cnn(CCNC(=O)C(C)(C)C)c2n1. The van der Waals surface area contributed by atoms with Gasteiger partial charge in [-0.25, -0.2) is 14.6 Å². The monoisotopic (exact) mass is 406 g/mol. The van der Waals surface area contributed by atoms with Crippen LogP contribution >= 0.6 is 11.8 Å². The predicted molar refractivity (Wildman–Crippen MR) is 112 cm³/mol. The van der Waals surface area contributed by atoms with E-state index in [1.54, 1.807) is 11.8 Å². The number of nitrogens with one attached hydrogen (secondary N) is 1. The average Bonchev–Trinajstić information content (AvgIpc) is 3.03. The first-order valence-corrected chi connectivity index (χ1v) is 10.6. The molecule has 0 unspecified atom stereocenters. The standard InChI is InChI=1S/C19H30N6O2S/c1-13(2)28-18-22-15(24-8-10-27-11-9-24)14-12-21-25(16(14)23-18)7-6-20-17(26)19(3,4)5/h12-13H,6-11H2,1-5H3,(H,20,26). The maximum absolute atomic E-state index is 12.1. The number of carbonyl (C=O) groups is 1. The number of fused-ring (bicyclic) bond motifs is 1. The zero-order chi connectivity index (χ0) is 20.3. The van der Waals surface area contributed by atoms with Crippen LogP contribution < -0.4 is 10.2 Å². The summed E-state index contributed by atoms with van der Waals surface area (Å²) in [6, 6.07) is 0. The molecule has 1 fully saturated rings. The van der Waals surface area contributed by atoms with Gasteiger partial charge < -0.3 is 15.0 Å². The number of ether oxygens (including phenoxy) is 1. The number of carbonyl (C=O) groups excluding carboxylic acids is 1. The summed E-state index contributed by atoms with van der Waals surface area (Å²) < 4.78 is 7.34. The van der Waals surface area contributed by atoms with Gasteiger partial charge in [-0.05, 0) is 0 Å². The molecule has 154 valence electrons. The third-order valence-electron chi connectivity index (χ3n) is 4.40. The van der Waals surface area contributed by atoms with E-state index in [1.165, 1.54) is 0 Å². The molecule has 1 aliphatic heterocycles. The molecule has 0 aliphatic carbocycles. The van der Waals surface area contributed by atoms with Crippen molar-refractivity contribution in [1.29, 1.82) is 0 Å². The minimum absolute atomic E-state index is 0.0312. The first kappa shape index (κ1) is 20.9. The minimum Gasteiger partial charge on any atom is -0.378 e. The Morgan fingerprint density at radius 1 is 1.29 bits per heavy atom. The number of amides is 1. The van der Waals surface area contributed by atoms with Gasteiger partial charge in [0.05, 0.1) is 31.3 Å². The van der Waals surface area contributed by atoms with Gasteiger partial charge in [0.2, 0.25) is 5.91 Å². The Bertz CT molecular complexity index is 824. The van der Waals surface area contributed by atoms with E-state index in [0.717, 1.165) is 35.1 Å². The summed E-state index contributed by atoms with van der Waals surface area (Å²) in [6.07, 6.45) is 1.83. The number of morpholine rings is 1. The molecule has 8 nitrogen and oxygen atoms in total. The third-order valence-corrected chi connectivity index (χ3v) is 5.26. The van der Waals surface area contributed by atoms with Gasteiger partial charge in [-0.3, -0.25) is 4.79 Å². The number of hydrogen-bond donors (Lipinski definition) is 1. The van der Waals surface area contributed by atoms with Gasteiger partial charge in [-0.2, -0.15) is 5.10 Å². The smallest absolute Gasteiger partial charge is 0.225 e. The van der Waals surface area contributed by atoms with E-state index < -0.39 is 5.41 Å². The molecule has 1 aliphatic rings. The maximum atomic E-state index is 12.1. The Morgan fingerprint density at radius 3 is 2.64 bits per heavy atom. The molecule has 0 atom stereocenters. The molecule has 1 saturated heterocycles. The summed E-state index contributed by atoms with van der Waals surface area (Å²) in [7, 11) is 0. The lowest BCUT2D eigenvalue weighted by molar-refractivity contribution is -0.128. The van der Waals surface area contributed by atoms with Gasteiger partial charge in [0.1, 0.15) is 5.82 Å². The average molecular weight is 407 g/mol. The van der Waals surface area contributed by atoms with Gasteiger partial charge in [-0.15, -0.1) is 0 Å². The highest BCUT2D eigenvalue weighted by atomic mass is 32.2. The van der Waals surface area contributed by atoms with Gasteiger partial charge in [0, 0.05) is 30.3 Å². The van der Waals surface area contributed by atoms with Crippen molar-refractivity contribution in [3.05, 3.63) is 6.20 Å². The van der Waals surface area contributed by atoms with Gasteiger partial charge >= 0.3 is 0 Å². The number of hydrogen-bond acceptors (Lipinski definition) is 7. The highest BCUT2D eigenvalue weighted by Crippen LogP contribution is 2.29. The van der Waals surface area contributed by atoms with Crippen molar-refractivity contribution in [2.45, 2.75) is 51.6 Å². The van der Waals surface area contributed by atoms with Crippen molar-refractivity contribution < 1.29 is 9.53 Å². The van der Waals surface area contributed by atoms with Gasteiger partial charge in [0.15, 0.2) is 10.8 Å². The zero-order valence-corrected chi connectivity index (χ0v) is 18.2. The molecule has 28 heavy (non-hydrogen) atoms. The van der Waals surface area contributed by atoms with Crippen molar-refractivity contribution in [1.82, 2.24) is 25.1 Å². The first-order chi connectivity index (χ1) is 13.3. The summed E-state index contributed by atoms with van der Waals surface area (Å²) >= 11 is 1.64. The lowest BCUT2D eigenvalue weighted by Crippen LogP contribution is -2.37. The van der Waals surface area contributed by atoms with Crippen LogP contribution in [-0.4, -0.2) is 63.8 Å². The van der Waals surface area contributed by atoms with Gasteiger partial charge in [0.25, 0.3) is 0 Å². The Balaban J connectivity index is 1.86. The van der Waals surface area contributed by atoms with Crippen LogP contribution in [0, 0.1) is 5.41 Å². The fourth-order valence-corrected chi connectivity index (χ4v) is 3.60. The van der Waals surface area contributed by atoms with E-state index in [9.17, 15) is 4.79 Å². The Kier molecular flexibility index (Phi) is 6.44. The summed E-state index contributed by atoms with van der Waals surface area (Å²) in [6.45, 7) is 14.1. The summed E-state index contributed by atoms with van der Waals surface area (Å²) in [4.78, 5) is 23.9. The Morgan fingerprint density at radius 2 is 2.00 bits per heavy atom. The molecular weight excluding hydrogens is 376 g/mol. The molecule has 3 rings (SSSR count). The van der Waals surface area contributed by atoms with Crippen molar-refractivity contribution in [3.63, 3.8) is 0 Å². The lowest BCUT2D eigenvalue weighted by atomic mass is 9.96. The Labute approximate surface area is 170 Å². The summed E-state index contributed by atoms with van der Waals surface area (Å²) in [5.74, 6) is 0.949. The molecule has 0 saturated carbocycles. The quantitative estimate of drug-likeness (QED) is 0.582. The molecule has 0 spiro atoms. The van der Waals surface area contributed by atoms with Crippen LogP contribution in [0.1, 0.15) is 34.6 Å². The molecule has 2 aromatic rings. The van der Waals surface area contributed by atoms with E-state index >= 15 is 0 Å². The number of anilines is 1. The number of nitrogens with zero attached hydrogens (tertiary/aromatic N) is 5. The molecule has 9 heteroatoms. The number of thioether (sulfide) groups is 1. The highest BCUT2D eigenvalue weighted by Gasteiger charge is 2.22. The van der Waals surface area contributed by atoms with Crippen LogP contribution in [0.2, 0.25) is 0 Å². The zero-order valence-electron chi connectivity index (χ0n) is 17.4. The summed E-state index contributed by atoms with van der Waals surface area (Å²) in [5, 5.41) is 9.58. The van der Waals surface area contributed by atoms with Crippen molar-refractivity contribution in [2.24, 2.45) is 5.41 Å². The lowest BCUT2D eigenvalue weighted by Gasteiger charge is -2.28. The fourth-order valence-electron chi connectivity index (χ4n) is 2.90. The number of rotatable bonds is 6. The van der Waals surface area contributed by atoms with E-state index in [-0.39, 0.29) is 5.91 Å². The van der Waals surface area contributed by atoms with Crippen LogP contribution in [0.15, 0.2) is 11.4 Å². The third kappa shape index (κ3) is 4.94. The van der Waals surface area contributed by atoms with Crippen molar-refractivity contribution in [3.8, 4) is 0 Å². The van der Waals surface area contributed by atoms with Crippen molar-refractivity contribution in [2.75, 3.05) is 37.7 Å². The minimum atomic E-state index is -0.404. The molecule has 0 bridgehead atoms. The molecule has 2 aromatic heterocycles. The molecule has 1 amide bonds. The molecule has 0 aromatic carbocycles. The van der Waals surface area contributed by atoms with Crippen LogP contribution in [0.25, 0.3) is 11.0 Å². The van der Waals surface area contributed by atoms with Crippen molar-refractivity contribution >= 4 is 34.5 Å². The maximum Gasteiger partial charge on any atom is 0.225 e. The molecule has 1 N–H and O–H groups in total. The van der Waals surface area contributed by atoms with Crippen LogP contribution in [0.3, 0.4) is 0 Å². The van der Waals surface area contributed by atoms with Crippen LogP contribution in [0.5, 0.6) is 0 Å². The van der Waals surface area contributed by atoms with E-state index in [1.807, 2.05) is 31.6 Å². The first-order valence-electron chi connectivity index (χ1n) is 9.77. The number of aromatic nitrogens is 4. The van der Waals surface area contributed by atoms with E-state index in [4.69, 9.17) is 14.7 Å². The van der Waals surface area contributed by atoms with E-state index in [2.05, 4.69) is 29.2 Å². The van der Waals surface area contributed by atoms with E-state index in [0.29, 0.717) is 31.6 Å². The molecule has 0 radical (unpaired) electrons. The second-order valence-electron chi connectivity index (χ2n) is 8.21. The fraction of sp³-hybridized carbons (Fsp3) is 0.684. The molecular formula is C19H30N6O2S. The molecule has 3 heterocycles. The largest absolute Gasteiger partial charge is 0.378 e. The second kappa shape index (κ2) is 8.65. The van der Waals surface area contributed by atoms with Crippen LogP contribution in [0.4, 0.5) is 5.82 Å². The second-order valence-corrected chi connectivity index (χ2v) is 9.75. The summed E-state index contributed by atoms with van der Waals surface area (Å²) in [5.41, 5.74) is 0.406. The predicted octanol–water partition coefficient (Wildman–Crippen LogP) is 2.33. The Hall–Kier alpha value is -1.87. The van der Waals surface area contributed by atoms with Gasteiger partial charge in [-0.1, -0.05) is 46.4 Å². The highest BCUT2D eigenvalue weighted by molar-refractivity contribution is 7.99. The normalized spacial score (nSPS) is 15.4. The topological polar surface area (TPSA) is 85.2 Å².